The van der Waals surface area contributed by atoms with Crippen LogP contribution < -0.4 is 0 Å². The van der Waals surface area contributed by atoms with Gasteiger partial charge in [-0.25, -0.2) is 8.42 Å². The SMILES string of the molecule is CCCS(=O)(=O)N1CC(CCc2ccccc2)OCC1(C)C. The van der Waals surface area contributed by atoms with E-state index in [1.54, 1.807) is 4.31 Å². The summed E-state index contributed by atoms with van der Waals surface area (Å²) in [7, 11) is -3.20. The lowest BCUT2D eigenvalue weighted by Crippen LogP contribution is -2.58. The summed E-state index contributed by atoms with van der Waals surface area (Å²) in [6, 6.07) is 10.2. The first-order valence-corrected chi connectivity index (χ1v) is 9.62. The van der Waals surface area contributed by atoms with Gasteiger partial charge in [-0.05, 0) is 38.7 Å². The van der Waals surface area contributed by atoms with E-state index in [9.17, 15) is 8.42 Å². The molecule has 1 fully saturated rings. The van der Waals surface area contributed by atoms with Crippen molar-refractivity contribution < 1.29 is 13.2 Å². The minimum Gasteiger partial charge on any atom is -0.375 e. The highest BCUT2D eigenvalue weighted by Gasteiger charge is 2.41. The zero-order chi connectivity index (χ0) is 16.2. The highest BCUT2D eigenvalue weighted by atomic mass is 32.2. The van der Waals surface area contributed by atoms with Crippen molar-refractivity contribution in [2.75, 3.05) is 18.9 Å². The fraction of sp³-hybridized carbons (Fsp3) is 0.647. The first kappa shape index (κ1) is 17.4. The van der Waals surface area contributed by atoms with E-state index in [4.69, 9.17) is 4.74 Å². The number of aryl methyl sites for hydroxylation is 1. The number of rotatable bonds is 6. The van der Waals surface area contributed by atoms with Gasteiger partial charge in [0, 0.05) is 6.54 Å². The van der Waals surface area contributed by atoms with Gasteiger partial charge in [0.25, 0.3) is 0 Å². The molecule has 0 radical (unpaired) electrons. The molecule has 124 valence electrons. The third-order valence-corrected chi connectivity index (χ3v) is 6.35. The van der Waals surface area contributed by atoms with Gasteiger partial charge in [-0.1, -0.05) is 37.3 Å². The lowest BCUT2D eigenvalue weighted by atomic mass is 10.0. The van der Waals surface area contributed by atoms with Crippen LogP contribution in [0.4, 0.5) is 0 Å². The molecular formula is C17H27NO3S. The van der Waals surface area contributed by atoms with E-state index < -0.39 is 15.6 Å². The van der Waals surface area contributed by atoms with E-state index in [0.717, 1.165) is 12.8 Å². The summed E-state index contributed by atoms with van der Waals surface area (Å²) in [6.45, 7) is 6.69. The molecule has 0 aromatic heterocycles. The van der Waals surface area contributed by atoms with E-state index in [0.29, 0.717) is 19.6 Å². The number of nitrogens with zero attached hydrogens (tertiary/aromatic N) is 1. The van der Waals surface area contributed by atoms with Crippen LogP contribution in [0.3, 0.4) is 0 Å². The average molecular weight is 325 g/mol. The highest BCUT2D eigenvalue weighted by Crippen LogP contribution is 2.27. The minimum absolute atomic E-state index is 0.0279. The van der Waals surface area contributed by atoms with Gasteiger partial charge >= 0.3 is 0 Å². The molecule has 1 atom stereocenters. The summed E-state index contributed by atoms with van der Waals surface area (Å²) in [4.78, 5) is 0. The molecule has 1 unspecified atom stereocenters. The summed E-state index contributed by atoms with van der Waals surface area (Å²) in [5, 5.41) is 0. The Bertz CT molecular complexity index is 569. The zero-order valence-electron chi connectivity index (χ0n) is 13.8. The largest absolute Gasteiger partial charge is 0.375 e. The van der Waals surface area contributed by atoms with Gasteiger partial charge in [-0.3, -0.25) is 0 Å². The number of morpholine rings is 1. The number of hydrogen-bond donors (Lipinski definition) is 0. The van der Waals surface area contributed by atoms with Gasteiger partial charge in [0.15, 0.2) is 0 Å². The van der Waals surface area contributed by atoms with Gasteiger partial charge in [-0.2, -0.15) is 4.31 Å². The number of sulfonamides is 1. The Kier molecular flexibility index (Phi) is 5.64. The van der Waals surface area contributed by atoms with Crippen molar-refractivity contribution in [2.24, 2.45) is 0 Å². The Hall–Kier alpha value is -0.910. The van der Waals surface area contributed by atoms with E-state index in [1.165, 1.54) is 5.56 Å². The molecule has 0 spiro atoms. The van der Waals surface area contributed by atoms with Crippen molar-refractivity contribution in [3.8, 4) is 0 Å². The Morgan fingerprint density at radius 1 is 1.27 bits per heavy atom. The fourth-order valence-corrected chi connectivity index (χ4v) is 4.82. The third kappa shape index (κ3) is 4.31. The molecule has 0 N–H and O–H groups in total. The van der Waals surface area contributed by atoms with Crippen molar-refractivity contribution in [1.82, 2.24) is 4.31 Å². The summed E-state index contributed by atoms with van der Waals surface area (Å²) >= 11 is 0. The maximum atomic E-state index is 12.5. The molecule has 5 heteroatoms. The maximum Gasteiger partial charge on any atom is 0.214 e. The maximum absolute atomic E-state index is 12.5. The van der Waals surface area contributed by atoms with E-state index in [1.807, 2.05) is 39.0 Å². The Morgan fingerprint density at radius 3 is 2.59 bits per heavy atom. The van der Waals surface area contributed by atoms with Crippen molar-refractivity contribution in [1.29, 1.82) is 0 Å². The minimum atomic E-state index is -3.20. The molecule has 0 bridgehead atoms. The number of hydrogen-bond acceptors (Lipinski definition) is 3. The first-order valence-electron chi connectivity index (χ1n) is 8.01. The van der Waals surface area contributed by atoms with Gasteiger partial charge in [0.05, 0.1) is 24.0 Å². The number of ether oxygens (including phenoxy) is 1. The highest BCUT2D eigenvalue weighted by molar-refractivity contribution is 7.89. The van der Waals surface area contributed by atoms with Gasteiger partial charge in [0.2, 0.25) is 10.0 Å². The van der Waals surface area contributed by atoms with Crippen molar-refractivity contribution in [3.63, 3.8) is 0 Å². The Balaban J connectivity index is 2.01. The zero-order valence-corrected chi connectivity index (χ0v) is 14.6. The molecule has 22 heavy (non-hydrogen) atoms. The summed E-state index contributed by atoms with van der Waals surface area (Å²) < 4.78 is 32.6. The van der Waals surface area contributed by atoms with Crippen LogP contribution in [0.5, 0.6) is 0 Å². The van der Waals surface area contributed by atoms with Crippen LogP contribution in [0.25, 0.3) is 0 Å². The van der Waals surface area contributed by atoms with Crippen LogP contribution in [0.1, 0.15) is 39.2 Å². The molecule has 0 amide bonds. The second kappa shape index (κ2) is 7.11. The van der Waals surface area contributed by atoms with Crippen molar-refractivity contribution in [2.45, 2.75) is 51.7 Å². The lowest BCUT2D eigenvalue weighted by molar-refractivity contribution is -0.0662. The number of benzene rings is 1. The van der Waals surface area contributed by atoms with Crippen LogP contribution >= 0.6 is 0 Å². The van der Waals surface area contributed by atoms with E-state index in [-0.39, 0.29) is 11.9 Å². The van der Waals surface area contributed by atoms with Crippen molar-refractivity contribution in [3.05, 3.63) is 35.9 Å². The second-order valence-electron chi connectivity index (χ2n) is 6.62. The molecule has 1 saturated heterocycles. The van der Waals surface area contributed by atoms with E-state index in [2.05, 4.69) is 12.1 Å². The monoisotopic (exact) mass is 325 g/mol. The summed E-state index contributed by atoms with van der Waals surface area (Å²) in [5.74, 6) is 0.210. The topological polar surface area (TPSA) is 46.6 Å². The van der Waals surface area contributed by atoms with Crippen LogP contribution in [-0.4, -0.2) is 43.3 Å². The smallest absolute Gasteiger partial charge is 0.214 e. The van der Waals surface area contributed by atoms with Crippen LogP contribution in [0.15, 0.2) is 30.3 Å². The molecule has 1 aliphatic heterocycles. The molecule has 4 nitrogen and oxygen atoms in total. The standard InChI is InChI=1S/C17H27NO3S/c1-4-12-22(19,20)18-13-16(21-14-17(18,2)3)11-10-15-8-6-5-7-9-15/h5-9,16H,4,10-14H2,1-3H3. The van der Waals surface area contributed by atoms with Gasteiger partial charge in [-0.15, -0.1) is 0 Å². The molecule has 1 aliphatic rings. The summed E-state index contributed by atoms with van der Waals surface area (Å²) in [6.07, 6.45) is 2.37. The second-order valence-corrected chi connectivity index (χ2v) is 8.63. The third-order valence-electron chi connectivity index (χ3n) is 4.11. The van der Waals surface area contributed by atoms with Gasteiger partial charge in [0.1, 0.15) is 0 Å². The fourth-order valence-electron chi connectivity index (χ4n) is 2.88. The van der Waals surface area contributed by atoms with Crippen LogP contribution in [0, 0.1) is 0 Å². The van der Waals surface area contributed by atoms with E-state index >= 15 is 0 Å². The normalized spacial score (nSPS) is 22.6. The molecule has 1 aromatic rings. The Morgan fingerprint density at radius 2 is 1.95 bits per heavy atom. The quantitative estimate of drug-likeness (QED) is 0.808. The van der Waals surface area contributed by atoms with Crippen molar-refractivity contribution >= 4 is 10.0 Å². The predicted molar refractivity (Wildman–Crippen MR) is 89.4 cm³/mol. The molecule has 2 rings (SSSR count). The van der Waals surface area contributed by atoms with Crippen LogP contribution in [-0.2, 0) is 21.2 Å². The molecule has 0 aliphatic carbocycles. The lowest BCUT2D eigenvalue weighted by Gasteiger charge is -2.44. The molecule has 1 aromatic carbocycles. The average Bonchev–Trinajstić information content (AvgIpc) is 2.46. The first-order chi connectivity index (χ1) is 10.3. The molecule has 1 heterocycles. The van der Waals surface area contributed by atoms with Crippen LogP contribution in [0.2, 0.25) is 0 Å². The molecular weight excluding hydrogens is 298 g/mol. The van der Waals surface area contributed by atoms with Gasteiger partial charge < -0.3 is 4.74 Å². The Labute approximate surface area is 134 Å². The summed E-state index contributed by atoms with van der Waals surface area (Å²) in [5.41, 5.74) is 0.802. The predicted octanol–water partition coefficient (Wildman–Crippen LogP) is 2.84. The molecule has 0 saturated carbocycles.